The Hall–Kier alpha value is -0.720. The number of carbonyl (C=O) groups excluding carboxylic acids is 4. The van der Waals surface area contributed by atoms with Crippen LogP contribution >= 0.6 is 47.0 Å². The fourth-order valence-electron chi connectivity index (χ4n) is 9.29. The summed E-state index contributed by atoms with van der Waals surface area (Å²) in [4.78, 5) is 54.9. The van der Waals surface area contributed by atoms with Crippen molar-refractivity contribution in [2.75, 3.05) is 49.4 Å². The fourth-order valence-corrected chi connectivity index (χ4v) is 13.0. The second-order valence-electron chi connectivity index (χ2n) is 22.7. The molecule has 0 heterocycles. The van der Waals surface area contributed by atoms with Crippen LogP contribution in [-0.2, 0) is 38.1 Å². The molecule has 0 saturated heterocycles. The average molecular weight is 1160 g/mol. The summed E-state index contributed by atoms with van der Waals surface area (Å²) in [6.45, 7) is 15.6. The Morgan fingerprint density at radius 1 is 0.260 bits per heavy atom. The first-order valence-corrected chi connectivity index (χ1v) is 36.8. The first-order valence-electron chi connectivity index (χ1n) is 32.6. The van der Waals surface area contributed by atoms with E-state index < -0.39 is 26.4 Å². The molecule has 12 heteroatoms. The highest BCUT2D eigenvalue weighted by atomic mass is 32.2. The van der Waals surface area contributed by atoms with Gasteiger partial charge in [-0.05, 0) is 76.4 Å². The van der Waals surface area contributed by atoms with E-state index in [9.17, 15) is 19.2 Å². The van der Waals surface area contributed by atoms with E-state index in [1.165, 1.54) is 205 Å². The monoisotopic (exact) mass is 1160 g/mol. The molecule has 0 spiro atoms. The highest BCUT2D eigenvalue weighted by Gasteiger charge is 2.40. The molecular formula is C65H124O8S4. The smallest absolute Gasteiger partial charge is 0.318 e. The van der Waals surface area contributed by atoms with Gasteiger partial charge in [-0.15, -0.1) is 47.0 Å². The summed E-state index contributed by atoms with van der Waals surface area (Å²) in [5.41, 5.74) is -1.29. The minimum absolute atomic E-state index is 0.219. The van der Waals surface area contributed by atoms with Crippen molar-refractivity contribution in [1.82, 2.24) is 0 Å². The summed E-state index contributed by atoms with van der Waals surface area (Å²) < 4.78 is 24.3. The minimum Gasteiger partial charge on any atom is -0.464 e. The van der Waals surface area contributed by atoms with Gasteiger partial charge in [-0.25, -0.2) is 0 Å². The van der Waals surface area contributed by atoms with E-state index in [4.69, 9.17) is 18.9 Å². The molecule has 0 aromatic carbocycles. The highest BCUT2D eigenvalue weighted by molar-refractivity contribution is 8.01. The summed E-state index contributed by atoms with van der Waals surface area (Å²) in [6, 6.07) is 0. The zero-order valence-corrected chi connectivity index (χ0v) is 54.9. The molecule has 77 heavy (non-hydrogen) atoms. The maximum absolute atomic E-state index is 13.7. The van der Waals surface area contributed by atoms with Gasteiger partial charge < -0.3 is 18.9 Å². The molecule has 0 aliphatic rings. The molecule has 0 fully saturated rings. The van der Waals surface area contributed by atoms with Crippen LogP contribution in [0.25, 0.3) is 0 Å². The van der Waals surface area contributed by atoms with Crippen molar-refractivity contribution < 1.29 is 38.1 Å². The van der Waals surface area contributed by atoms with Crippen molar-refractivity contribution in [3.8, 4) is 0 Å². The summed E-state index contributed by atoms with van der Waals surface area (Å²) >= 11 is 6.38. The van der Waals surface area contributed by atoms with Gasteiger partial charge in [0.05, 0.1) is 21.0 Å². The zero-order chi connectivity index (χ0) is 56.7. The predicted octanol–water partition coefficient (Wildman–Crippen LogP) is 20.3. The van der Waals surface area contributed by atoms with Crippen molar-refractivity contribution in [3.05, 3.63) is 0 Å². The van der Waals surface area contributed by atoms with Crippen LogP contribution in [0.1, 0.15) is 312 Å². The standard InChI is InChI=1S/C65H124O8S4/c1-9-13-17-21-25-29-33-37-41-45-49-74-57(5)61(66)70-53-65(54-71-62(67)58(6)75-50-46-42-38-34-30-26-22-18-14-10-2,55-72-63(68)59(7)76-51-47-43-39-35-31-27-23-19-15-11-3)56-73-64(69)60(8)77-52-48-44-40-36-32-28-24-20-16-12-4/h57-60H,9-56H2,1-8H3. The second-order valence-corrected chi connectivity index (χ2v) is 28.5. The molecule has 0 saturated carbocycles. The number of esters is 4. The Morgan fingerprint density at radius 2 is 0.403 bits per heavy atom. The van der Waals surface area contributed by atoms with Crippen LogP contribution in [0.2, 0.25) is 0 Å². The molecule has 0 aromatic rings. The maximum atomic E-state index is 13.7. The third kappa shape index (κ3) is 48.5. The Bertz CT molecular complexity index is 1140. The summed E-state index contributed by atoms with van der Waals surface area (Å²) in [7, 11) is 0. The molecule has 4 atom stereocenters. The number of unbranched alkanes of at least 4 members (excludes halogenated alkanes) is 36. The largest absolute Gasteiger partial charge is 0.464 e. The lowest BCUT2D eigenvalue weighted by Crippen LogP contribution is -2.45. The van der Waals surface area contributed by atoms with Crippen LogP contribution in [-0.4, -0.2) is 94.3 Å². The normalized spacial score (nSPS) is 13.9. The van der Waals surface area contributed by atoms with E-state index >= 15 is 0 Å². The Kier molecular flexibility index (Phi) is 56.6. The van der Waals surface area contributed by atoms with Gasteiger partial charge in [0.25, 0.3) is 0 Å². The molecule has 0 N–H and O–H groups in total. The van der Waals surface area contributed by atoms with Gasteiger partial charge in [0.15, 0.2) is 0 Å². The molecule has 4 unspecified atom stereocenters. The SMILES string of the molecule is CCCCCCCCCCCCSC(C)C(=O)OCC(COC(=O)C(C)SCCCCCCCCCCCC)(COC(=O)C(C)SCCCCCCCCCCCC)COC(=O)C(C)SCCCCCCCCCCCC. The Balaban J connectivity index is 5.86. The third-order valence-electron chi connectivity index (χ3n) is 14.9. The van der Waals surface area contributed by atoms with Crippen LogP contribution in [0, 0.1) is 5.41 Å². The molecule has 0 aliphatic heterocycles. The van der Waals surface area contributed by atoms with E-state index in [1.54, 1.807) is 47.0 Å². The maximum Gasteiger partial charge on any atom is 0.318 e. The van der Waals surface area contributed by atoms with Crippen LogP contribution in [0.4, 0.5) is 0 Å². The molecule has 0 bridgehead atoms. The Morgan fingerprint density at radius 3 is 0.558 bits per heavy atom. The van der Waals surface area contributed by atoms with Gasteiger partial charge >= 0.3 is 23.9 Å². The molecule has 0 amide bonds. The minimum atomic E-state index is -1.29. The summed E-state index contributed by atoms with van der Waals surface area (Å²) in [5.74, 6) is 1.94. The topological polar surface area (TPSA) is 105 Å². The van der Waals surface area contributed by atoms with Gasteiger partial charge in [0, 0.05) is 0 Å². The van der Waals surface area contributed by atoms with Gasteiger partial charge in [-0.1, -0.05) is 259 Å². The molecule has 0 radical (unpaired) electrons. The van der Waals surface area contributed by atoms with Gasteiger partial charge in [-0.3, -0.25) is 19.2 Å². The first kappa shape index (κ1) is 76.3. The summed E-state index contributed by atoms with van der Waals surface area (Å²) in [5, 5.41) is -1.65. The van der Waals surface area contributed by atoms with Crippen LogP contribution in [0.15, 0.2) is 0 Å². The van der Waals surface area contributed by atoms with Crippen molar-refractivity contribution in [3.63, 3.8) is 0 Å². The van der Waals surface area contributed by atoms with Gasteiger partial charge in [0.2, 0.25) is 0 Å². The molecule has 0 aromatic heterocycles. The number of hydrogen-bond acceptors (Lipinski definition) is 12. The predicted molar refractivity (Wildman–Crippen MR) is 341 cm³/mol. The number of carbonyl (C=O) groups is 4. The zero-order valence-electron chi connectivity index (χ0n) is 51.6. The first-order chi connectivity index (χ1) is 37.5. The van der Waals surface area contributed by atoms with Crippen molar-refractivity contribution >= 4 is 70.9 Å². The van der Waals surface area contributed by atoms with E-state index in [0.29, 0.717) is 0 Å². The van der Waals surface area contributed by atoms with E-state index in [1.807, 2.05) is 27.7 Å². The lowest BCUT2D eigenvalue weighted by atomic mass is 9.92. The van der Waals surface area contributed by atoms with Crippen LogP contribution < -0.4 is 0 Å². The van der Waals surface area contributed by atoms with Gasteiger partial charge in [0.1, 0.15) is 31.8 Å². The molecule has 0 aliphatic carbocycles. The fraction of sp³-hybridized carbons (Fsp3) is 0.938. The number of hydrogen-bond donors (Lipinski definition) is 0. The molecule has 8 nitrogen and oxygen atoms in total. The van der Waals surface area contributed by atoms with E-state index in [2.05, 4.69) is 27.7 Å². The highest BCUT2D eigenvalue weighted by Crippen LogP contribution is 2.28. The van der Waals surface area contributed by atoms with E-state index in [0.717, 1.165) is 74.4 Å². The number of rotatable bonds is 60. The van der Waals surface area contributed by atoms with Crippen molar-refractivity contribution in [2.24, 2.45) is 5.41 Å². The van der Waals surface area contributed by atoms with Crippen molar-refractivity contribution in [1.29, 1.82) is 0 Å². The van der Waals surface area contributed by atoms with Crippen molar-refractivity contribution in [2.45, 2.75) is 333 Å². The van der Waals surface area contributed by atoms with Crippen LogP contribution in [0.3, 0.4) is 0 Å². The van der Waals surface area contributed by atoms with Gasteiger partial charge in [-0.2, -0.15) is 0 Å². The average Bonchev–Trinajstić information content (AvgIpc) is 3.43. The Labute approximate surface area is 494 Å². The molecular weight excluding hydrogens is 1040 g/mol. The van der Waals surface area contributed by atoms with Crippen LogP contribution in [0.5, 0.6) is 0 Å². The number of thioether (sulfide) groups is 4. The molecule has 456 valence electrons. The lowest BCUT2D eigenvalue weighted by Gasteiger charge is -2.33. The lowest BCUT2D eigenvalue weighted by molar-refractivity contribution is -0.169. The summed E-state index contributed by atoms with van der Waals surface area (Å²) in [6.07, 6.45) is 50.4. The number of ether oxygens (including phenoxy) is 4. The third-order valence-corrected chi connectivity index (χ3v) is 19.7. The second kappa shape index (κ2) is 57.1. The van der Waals surface area contributed by atoms with E-state index in [-0.39, 0.29) is 50.3 Å². The molecule has 0 rings (SSSR count). The quantitative estimate of drug-likeness (QED) is 0.0329.